The van der Waals surface area contributed by atoms with E-state index in [2.05, 4.69) is 46.1 Å². The van der Waals surface area contributed by atoms with Crippen LogP contribution in [0.1, 0.15) is 30.0 Å². The van der Waals surface area contributed by atoms with Crippen LogP contribution in [-0.2, 0) is 13.0 Å². The van der Waals surface area contributed by atoms with Gasteiger partial charge in [0.1, 0.15) is 0 Å². The Morgan fingerprint density at radius 1 is 1.12 bits per heavy atom. The van der Waals surface area contributed by atoms with Gasteiger partial charge >= 0.3 is 6.09 Å². The van der Waals surface area contributed by atoms with E-state index in [4.69, 9.17) is 5.11 Å². The van der Waals surface area contributed by atoms with Crippen molar-refractivity contribution in [2.24, 2.45) is 0 Å². The molecule has 1 aliphatic rings. The fraction of sp³-hybridized carbons (Fsp3) is 0.333. The van der Waals surface area contributed by atoms with Crippen molar-refractivity contribution in [3.8, 4) is 0 Å². The van der Waals surface area contributed by atoms with E-state index in [0.29, 0.717) is 19.0 Å². The molecule has 0 spiro atoms. The number of nitrogens with zero attached hydrogens (tertiary/aromatic N) is 3. The number of benzene rings is 1. The summed E-state index contributed by atoms with van der Waals surface area (Å²) in [5, 5.41) is 10.5. The van der Waals surface area contributed by atoms with Crippen molar-refractivity contribution in [3.05, 3.63) is 66.1 Å². The van der Waals surface area contributed by atoms with E-state index in [0.717, 1.165) is 31.5 Å². The number of pyridine rings is 1. The maximum Gasteiger partial charge on any atom is 0.407 e. The number of likely N-dealkylation sites (tertiary alicyclic amines) is 1. The van der Waals surface area contributed by atoms with Crippen molar-refractivity contribution in [2.75, 3.05) is 13.1 Å². The van der Waals surface area contributed by atoms with Crippen LogP contribution in [0.15, 0.2) is 54.9 Å². The SMILES string of the molecule is O=C(O)N1CCC(c2cn(CCc3ccccn3)c3ccccc23)CC1. The van der Waals surface area contributed by atoms with Crippen molar-refractivity contribution in [1.82, 2.24) is 14.5 Å². The average Bonchev–Trinajstić information content (AvgIpc) is 3.06. The van der Waals surface area contributed by atoms with E-state index in [1.807, 2.05) is 18.3 Å². The summed E-state index contributed by atoms with van der Waals surface area (Å²) in [6.07, 6.45) is 5.98. The van der Waals surface area contributed by atoms with Crippen LogP contribution in [0.3, 0.4) is 0 Å². The monoisotopic (exact) mass is 349 g/mol. The molecule has 1 N–H and O–H groups in total. The second kappa shape index (κ2) is 7.20. The van der Waals surface area contributed by atoms with Gasteiger partial charge in [-0.1, -0.05) is 24.3 Å². The average molecular weight is 349 g/mol. The van der Waals surface area contributed by atoms with Gasteiger partial charge in [-0.25, -0.2) is 4.79 Å². The van der Waals surface area contributed by atoms with Crippen LogP contribution in [0, 0.1) is 0 Å². The minimum atomic E-state index is -0.804. The van der Waals surface area contributed by atoms with Gasteiger partial charge in [0.2, 0.25) is 0 Å². The first-order chi connectivity index (χ1) is 12.7. The Kier molecular flexibility index (Phi) is 4.61. The first-order valence-electron chi connectivity index (χ1n) is 9.18. The number of para-hydroxylation sites is 1. The molecule has 0 bridgehead atoms. The molecule has 1 fully saturated rings. The van der Waals surface area contributed by atoms with Crippen molar-refractivity contribution < 1.29 is 9.90 Å². The first kappa shape index (κ1) is 16.6. The Balaban J connectivity index is 1.57. The van der Waals surface area contributed by atoms with Gasteiger partial charge in [0, 0.05) is 55.0 Å². The number of amides is 1. The van der Waals surface area contributed by atoms with Crippen LogP contribution in [0.25, 0.3) is 10.9 Å². The Labute approximate surface area is 152 Å². The zero-order valence-electron chi connectivity index (χ0n) is 14.7. The summed E-state index contributed by atoms with van der Waals surface area (Å²) in [4.78, 5) is 17.1. The molecule has 1 saturated heterocycles. The summed E-state index contributed by atoms with van der Waals surface area (Å²) in [6, 6.07) is 14.6. The number of hydrogen-bond donors (Lipinski definition) is 1. The number of fused-ring (bicyclic) bond motifs is 1. The summed E-state index contributed by atoms with van der Waals surface area (Å²) in [5.41, 5.74) is 3.70. The third-order valence-corrected chi connectivity index (χ3v) is 5.36. The van der Waals surface area contributed by atoms with E-state index in [-0.39, 0.29) is 0 Å². The van der Waals surface area contributed by atoms with Gasteiger partial charge in [0.05, 0.1) is 0 Å². The lowest BCUT2D eigenvalue weighted by Crippen LogP contribution is -2.36. The number of piperidine rings is 1. The summed E-state index contributed by atoms with van der Waals surface area (Å²) < 4.78 is 2.32. The number of aryl methyl sites for hydroxylation is 2. The van der Waals surface area contributed by atoms with E-state index in [1.165, 1.54) is 21.4 Å². The lowest BCUT2D eigenvalue weighted by atomic mass is 9.89. The quantitative estimate of drug-likeness (QED) is 0.770. The second-order valence-corrected chi connectivity index (χ2v) is 6.91. The molecule has 5 nitrogen and oxygen atoms in total. The largest absolute Gasteiger partial charge is 0.465 e. The van der Waals surface area contributed by atoms with Crippen LogP contribution in [0.2, 0.25) is 0 Å². The standard InChI is InChI=1S/C21H23N3O2/c25-21(26)23-12-8-16(9-13-23)19-15-24(20-7-2-1-6-18(19)20)14-10-17-5-3-4-11-22-17/h1-7,11,15-16H,8-10,12-14H2,(H,25,26). The molecule has 1 aliphatic heterocycles. The van der Waals surface area contributed by atoms with Crippen LogP contribution < -0.4 is 0 Å². The highest BCUT2D eigenvalue weighted by atomic mass is 16.4. The van der Waals surface area contributed by atoms with E-state index >= 15 is 0 Å². The van der Waals surface area contributed by atoms with E-state index in [9.17, 15) is 4.79 Å². The van der Waals surface area contributed by atoms with Crippen LogP contribution >= 0.6 is 0 Å². The molecular formula is C21H23N3O2. The summed E-state index contributed by atoms with van der Waals surface area (Å²) in [5.74, 6) is 0.423. The Morgan fingerprint density at radius 3 is 2.62 bits per heavy atom. The third kappa shape index (κ3) is 3.29. The van der Waals surface area contributed by atoms with E-state index in [1.54, 1.807) is 0 Å². The highest BCUT2D eigenvalue weighted by molar-refractivity contribution is 5.84. The molecule has 2 aromatic heterocycles. The zero-order chi connectivity index (χ0) is 17.9. The molecule has 3 aromatic rings. The Bertz CT molecular complexity index is 896. The number of rotatable bonds is 4. The number of hydrogen-bond acceptors (Lipinski definition) is 2. The number of aromatic nitrogens is 2. The molecule has 5 heteroatoms. The van der Waals surface area contributed by atoms with Crippen molar-refractivity contribution in [1.29, 1.82) is 0 Å². The van der Waals surface area contributed by atoms with E-state index < -0.39 is 6.09 Å². The maximum absolute atomic E-state index is 11.1. The van der Waals surface area contributed by atoms with Gasteiger partial charge in [0.25, 0.3) is 0 Å². The molecule has 4 rings (SSSR count). The molecule has 3 heterocycles. The van der Waals surface area contributed by atoms with Gasteiger partial charge in [-0.15, -0.1) is 0 Å². The molecular weight excluding hydrogens is 326 g/mol. The minimum Gasteiger partial charge on any atom is -0.465 e. The predicted molar refractivity (Wildman–Crippen MR) is 101 cm³/mol. The fourth-order valence-electron chi connectivity index (χ4n) is 3.95. The molecule has 0 radical (unpaired) electrons. The molecule has 26 heavy (non-hydrogen) atoms. The van der Waals surface area contributed by atoms with Crippen LogP contribution in [0.4, 0.5) is 4.79 Å². The molecule has 0 unspecified atom stereocenters. The number of carbonyl (C=O) groups is 1. The maximum atomic E-state index is 11.1. The van der Waals surface area contributed by atoms with Gasteiger partial charge in [0.15, 0.2) is 0 Å². The van der Waals surface area contributed by atoms with Gasteiger partial charge < -0.3 is 14.6 Å². The van der Waals surface area contributed by atoms with Crippen molar-refractivity contribution >= 4 is 17.0 Å². The van der Waals surface area contributed by atoms with Gasteiger partial charge in [-0.3, -0.25) is 4.98 Å². The zero-order valence-corrected chi connectivity index (χ0v) is 14.7. The first-order valence-corrected chi connectivity index (χ1v) is 9.18. The molecule has 134 valence electrons. The van der Waals surface area contributed by atoms with Gasteiger partial charge in [-0.05, 0) is 42.5 Å². The summed E-state index contributed by atoms with van der Waals surface area (Å²) >= 11 is 0. The second-order valence-electron chi connectivity index (χ2n) is 6.91. The summed E-state index contributed by atoms with van der Waals surface area (Å²) in [7, 11) is 0. The third-order valence-electron chi connectivity index (χ3n) is 5.36. The Hall–Kier alpha value is -2.82. The normalized spacial score (nSPS) is 15.5. The fourth-order valence-corrected chi connectivity index (χ4v) is 3.95. The van der Waals surface area contributed by atoms with Gasteiger partial charge in [-0.2, -0.15) is 0 Å². The lowest BCUT2D eigenvalue weighted by Gasteiger charge is -2.29. The lowest BCUT2D eigenvalue weighted by molar-refractivity contribution is 0.132. The topological polar surface area (TPSA) is 58.4 Å². The molecule has 0 saturated carbocycles. The molecule has 1 aromatic carbocycles. The smallest absolute Gasteiger partial charge is 0.407 e. The van der Waals surface area contributed by atoms with Crippen LogP contribution in [-0.4, -0.2) is 38.7 Å². The molecule has 0 atom stereocenters. The molecule has 1 amide bonds. The Morgan fingerprint density at radius 2 is 1.88 bits per heavy atom. The highest BCUT2D eigenvalue weighted by Crippen LogP contribution is 2.34. The number of carboxylic acid groups (broad SMARTS) is 1. The summed E-state index contributed by atoms with van der Waals surface area (Å²) in [6.45, 7) is 2.13. The van der Waals surface area contributed by atoms with Crippen molar-refractivity contribution in [3.63, 3.8) is 0 Å². The minimum absolute atomic E-state index is 0.423. The molecule has 0 aliphatic carbocycles. The van der Waals surface area contributed by atoms with Crippen LogP contribution in [0.5, 0.6) is 0 Å². The highest BCUT2D eigenvalue weighted by Gasteiger charge is 2.25. The van der Waals surface area contributed by atoms with Crippen molar-refractivity contribution in [2.45, 2.75) is 31.7 Å². The predicted octanol–water partition coefficient (Wildman–Crippen LogP) is 4.14.